The third kappa shape index (κ3) is 3.32. The molecule has 1 aliphatic rings. The average molecular weight is 371 g/mol. The number of methoxy groups -OCH3 is 1. The number of halogens is 1. The zero-order chi connectivity index (χ0) is 16.4. The number of ether oxygens (including phenoxy) is 1. The maximum Gasteiger partial charge on any atom is 0.153 e. The SMILES string of the molecule is COCCCNC1c2ccc(Cl)cc2S(=O)N(C)c2ccsc21. The molecule has 2 unspecified atom stereocenters. The van der Waals surface area contributed by atoms with E-state index in [1.807, 2.05) is 41.0 Å². The lowest BCUT2D eigenvalue weighted by Crippen LogP contribution is -2.24. The molecule has 1 N–H and O–H groups in total. The van der Waals surface area contributed by atoms with E-state index in [4.69, 9.17) is 16.3 Å². The molecular formula is C16H19ClN2O2S2. The first-order chi connectivity index (χ1) is 11.1. The number of benzene rings is 1. The molecule has 23 heavy (non-hydrogen) atoms. The molecule has 0 amide bonds. The highest BCUT2D eigenvalue weighted by Gasteiger charge is 2.31. The van der Waals surface area contributed by atoms with Crippen molar-refractivity contribution in [2.24, 2.45) is 0 Å². The lowest BCUT2D eigenvalue weighted by molar-refractivity contribution is 0.193. The van der Waals surface area contributed by atoms with Crippen molar-refractivity contribution in [1.82, 2.24) is 5.32 Å². The van der Waals surface area contributed by atoms with Crippen LogP contribution in [0.2, 0.25) is 5.02 Å². The maximum atomic E-state index is 12.9. The van der Waals surface area contributed by atoms with E-state index >= 15 is 0 Å². The number of hydrogen-bond acceptors (Lipinski definition) is 4. The van der Waals surface area contributed by atoms with E-state index in [0.29, 0.717) is 5.02 Å². The molecule has 0 saturated heterocycles. The second-order valence-electron chi connectivity index (χ2n) is 5.33. The monoisotopic (exact) mass is 370 g/mol. The predicted octanol–water partition coefficient (Wildman–Crippen LogP) is 3.59. The van der Waals surface area contributed by atoms with Gasteiger partial charge in [-0.05, 0) is 42.1 Å². The van der Waals surface area contributed by atoms with Crippen LogP contribution >= 0.6 is 22.9 Å². The van der Waals surface area contributed by atoms with E-state index in [-0.39, 0.29) is 6.04 Å². The van der Waals surface area contributed by atoms with Crippen LogP contribution < -0.4 is 9.62 Å². The van der Waals surface area contributed by atoms with Gasteiger partial charge in [-0.3, -0.25) is 4.31 Å². The fourth-order valence-corrected chi connectivity index (χ4v) is 5.29. The summed E-state index contributed by atoms with van der Waals surface area (Å²) in [6, 6.07) is 7.69. The molecule has 1 aliphatic heterocycles. The number of thiophene rings is 1. The number of anilines is 1. The van der Waals surface area contributed by atoms with Gasteiger partial charge in [0.05, 0.1) is 21.5 Å². The van der Waals surface area contributed by atoms with Crippen LogP contribution in [0.25, 0.3) is 0 Å². The first-order valence-corrected chi connectivity index (χ1v) is 9.74. The van der Waals surface area contributed by atoms with Crippen molar-refractivity contribution >= 4 is 39.6 Å². The van der Waals surface area contributed by atoms with Gasteiger partial charge in [0.15, 0.2) is 11.0 Å². The van der Waals surface area contributed by atoms with Crippen molar-refractivity contribution in [1.29, 1.82) is 0 Å². The zero-order valence-electron chi connectivity index (χ0n) is 13.0. The van der Waals surface area contributed by atoms with Gasteiger partial charge in [-0.25, -0.2) is 4.21 Å². The molecule has 7 heteroatoms. The summed E-state index contributed by atoms with van der Waals surface area (Å²) in [6.07, 6.45) is 0.926. The minimum atomic E-state index is -1.27. The van der Waals surface area contributed by atoms with E-state index in [0.717, 1.165) is 35.7 Å². The van der Waals surface area contributed by atoms with E-state index in [1.165, 1.54) is 4.88 Å². The Hall–Kier alpha value is -0.920. The minimum Gasteiger partial charge on any atom is -0.385 e. The van der Waals surface area contributed by atoms with Gasteiger partial charge in [-0.2, -0.15) is 0 Å². The van der Waals surface area contributed by atoms with Gasteiger partial charge < -0.3 is 10.1 Å². The summed E-state index contributed by atoms with van der Waals surface area (Å²) in [5.74, 6) is 0. The number of hydrogen-bond donors (Lipinski definition) is 1. The van der Waals surface area contributed by atoms with Crippen LogP contribution in [-0.4, -0.2) is 31.5 Å². The fourth-order valence-electron chi connectivity index (χ4n) is 2.73. The van der Waals surface area contributed by atoms with Crippen LogP contribution in [0.3, 0.4) is 0 Å². The lowest BCUT2D eigenvalue weighted by atomic mass is 10.0. The molecule has 0 bridgehead atoms. The van der Waals surface area contributed by atoms with Gasteiger partial charge >= 0.3 is 0 Å². The second-order valence-corrected chi connectivity index (χ2v) is 8.20. The van der Waals surface area contributed by atoms with E-state index in [9.17, 15) is 4.21 Å². The van der Waals surface area contributed by atoms with E-state index in [1.54, 1.807) is 18.4 Å². The molecule has 2 atom stereocenters. The molecule has 0 spiro atoms. The Morgan fingerprint density at radius 1 is 1.43 bits per heavy atom. The quantitative estimate of drug-likeness (QED) is 0.818. The Morgan fingerprint density at radius 3 is 3.04 bits per heavy atom. The molecule has 0 saturated carbocycles. The van der Waals surface area contributed by atoms with Crippen LogP contribution in [0.15, 0.2) is 34.5 Å². The minimum absolute atomic E-state index is 0.0167. The first-order valence-electron chi connectivity index (χ1n) is 7.38. The van der Waals surface area contributed by atoms with Crippen LogP contribution in [-0.2, 0) is 15.7 Å². The first kappa shape index (κ1) is 16.9. The van der Waals surface area contributed by atoms with Crippen LogP contribution in [0.4, 0.5) is 5.69 Å². The molecule has 1 aromatic heterocycles. The standard InChI is InChI=1S/C16H19ClN2O2S2/c1-19-13-6-9-22-16(13)15(18-7-3-8-21-2)12-5-4-11(17)10-14(12)23(19)20/h4-6,9-10,15,18H,3,7-8H2,1-2H3. The summed E-state index contributed by atoms with van der Waals surface area (Å²) in [4.78, 5) is 1.95. The molecular weight excluding hydrogens is 352 g/mol. The Bertz CT molecular complexity index is 720. The summed E-state index contributed by atoms with van der Waals surface area (Å²) in [6.45, 7) is 1.55. The largest absolute Gasteiger partial charge is 0.385 e. The summed E-state index contributed by atoms with van der Waals surface area (Å²) in [5.41, 5.74) is 2.03. The van der Waals surface area contributed by atoms with Gasteiger partial charge in [0.25, 0.3) is 0 Å². The smallest absolute Gasteiger partial charge is 0.153 e. The summed E-state index contributed by atoms with van der Waals surface area (Å²) < 4.78 is 19.8. The zero-order valence-corrected chi connectivity index (χ0v) is 15.4. The molecule has 2 heterocycles. The van der Waals surface area contributed by atoms with Crippen molar-refractivity contribution in [2.45, 2.75) is 17.4 Å². The molecule has 1 aromatic carbocycles. The Morgan fingerprint density at radius 2 is 2.26 bits per heavy atom. The molecule has 124 valence electrons. The van der Waals surface area contributed by atoms with Crippen molar-refractivity contribution in [3.8, 4) is 0 Å². The van der Waals surface area contributed by atoms with Crippen LogP contribution in [0.1, 0.15) is 22.9 Å². The summed E-state index contributed by atoms with van der Waals surface area (Å²) in [7, 11) is 2.30. The van der Waals surface area contributed by atoms with E-state index in [2.05, 4.69) is 5.32 Å². The Balaban J connectivity index is 2.03. The highest BCUT2D eigenvalue weighted by Crippen LogP contribution is 2.42. The van der Waals surface area contributed by atoms with Gasteiger partial charge in [0, 0.05) is 25.8 Å². The van der Waals surface area contributed by atoms with Crippen LogP contribution in [0.5, 0.6) is 0 Å². The predicted molar refractivity (Wildman–Crippen MR) is 96.9 cm³/mol. The summed E-state index contributed by atoms with van der Waals surface area (Å²) in [5, 5.41) is 6.23. The van der Waals surface area contributed by atoms with Crippen molar-refractivity contribution in [2.75, 3.05) is 31.6 Å². The lowest BCUT2D eigenvalue weighted by Gasteiger charge is -2.19. The Labute approximate surface area is 148 Å². The maximum absolute atomic E-state index is 12.9. The molecule has 2 aromatic rings. The van der Waals surface area contributed by atoms with Gasteiger partial charge in [0.1, 0.15) is 0 Å². The van der Waals surface area contributed by atoms with Gasteiger partial charge in [-0.1, -0.05) is 17.7 Å². The average Bonchev–Trinajstić information content (AvgIpc) is 3.00. The number of fused-ring (bicyclic) bond motifs is 2. The number of nitrogens with zero attached hydrogens (tertiary/aromatic N) is 1. The van der Waals surface area contributed by atoms with E-state index < -0.39 is 11.0 Å². The molecule has 0 radical (unpaired) electrons. The third-order valence-corrected chi connectivity index (χ3v) is 6.50. The topological polar surface area (TPSA) is 41.6 Å². The van der Waals surface area contributed by atoms with Crippen molar-refractivity contribution in [3.05, 3.63) is 45.1 Å². The van der Waals surface area contributed by atoms with Crippen molar-refractivity contribution < 1.29 is 8.95 Å². The number of rotatable bonds is 5. The molecule has 0 fully saturated rings. The molecule has 0 aliphatic carbocycles. The van der Waals surface area contributed by atoms with Crippen molar-refractivity contribution in [3.63, 3.8) is 0 Å². The highest BCUT2D eigenvalue weighted by atomic mass is 35.5. The summed E-state index contributed by atoms with van der Waals surface area (Å²) >= 11 is 7.82. The highest BCUT2D eigenvalue weighted by molar-refractivity contribution is 7.86. The Kier molecular flexibility index (Phi) is 5.38. The second kappa shape index (κ2) is 7.32. The molecule has 4 nitrogen and oxygen atoms in total. The van der Waals surface area contributed by atoms with Crippen LogP contribution in [0, 0.1) is 0 Å². The normalized spacial score (nSPS) is 20.0. The van der Waals surface area contributed by atoms with Gasteiger partial charge in [0.2, 0.25) is 0 Å². The third-order valence-electron chi connectivity index (χ3n) is 3.87. The molecule has 3 rings (SSSR count). The van der Waals surface area contributed by atoms with Gasteiger partial charge in [-0.15, -0.1) is 11.3 Å². The fraction of sp³-hybridized carbons (Fsp3) is 0.375. The number of nitrogens with one attached hydrogen (secondary N) is 1.